The molecule has 0 bridgehead atoms. The Morgan fingerprint density at radius 2 is 1.76 bits per heavy atom. The summed E-state index contributed by atoms with van der Waals surface area (Å²) >= 11 is 13.0. The monoisotopic (exact) mass is 486 g/mol. The van der Waals surface area contributed by atoms with Gasteiger partial charge in [-0.25, -0.2) is 0 Å². The average molecular weight is 487 g/mol. The third-order valence-corrected chi connectivity index (χ3v) is 7.67. The van der Waals surface area contributed by atoms with Crippen LogP contribution in [0.2, 0.25) is 10.0 Å². The molecule has 2 heterocycles. The molecule has 1 fully saturated rings. The summed E-state index contributed by atoms with van der Waals surface area (Å²) in [7, 11) is 0. The zero-order valence-corrected chi connectivity index (χ0v) is 20.8. The first-order valence-corrected chi connectivity index (χ1v) is 12.1. The SMILES string of the molecule is Cc1c(O[C@H]2c3cc(Cl)cc(Cl)c3C[C@@H]2N2CC[C@@H](O)C2)ccc(-n2c(C)nnc2C)c1C. The second-order valence-corrected chi connectivity index (χ2v) is 10.0. The topological polar surface area (TPSA) is 63.4 Å². The molecule has 2 aromatic carbocycles. The summed E-state index contributed by atoms with van der Waals surface area (Å²) in [6, 6.07) is 7.96. The van der Waals surface area contributed by atoms with Gasteiger partial charge in [0.1, 0.15) is 23.5 Å². The number of hydrogen-bond donors (Lipinski definition) is 1. The normalized spacial score (nSPS) is 22.7. The Morgan fingerprint density at radius 3 is 2.42 bits per heavy atom. The van der Waals surface area contributed by atoms with Crippen LogP contribution in [-0.2, 0) is 6.42 Å². The van der Waals surface area contributed by atoms with Crippen LogP contribution < -0.4 is 4.74 Å². The lowest BCUT2D eigenvalue weighted by Crippen LogP contribution is -2.39. The predicted octanol–water partition coefficient (Wildman–Crippen LogP) is 4.92. The number of rotatable bonds is 4. The number of likely N-dealkylation sites (tertiary alicyclic amines) is 1. The molecule has 8 heteroatoms. The van der Waals surface area contributed by atoms with Crippen molar-refractivity contribution in [1.29, 1.82) is 0 Å². The van der Waals surface area contributed by atoms with E-state index in [9.17, 15) is 5.11 Å². The second kappa shape index (κ2) is 8.58. The first kappa shape index (κ1) is 22.7. The maximum absolute atomic E-state index is 10.2. The fourth-order valence-corrected chi connectivity index (χ4v) is 5.84. The molecule has 33 heavy (non-hydrogen) atoms. The van der Waals surface area contributed by atoms with Crippen molar-refractivity contribution in [3.8, 4) is 11.4 Å². The van der Waals surface area contributed by atoms with Crippen LogP contribution in [0.15, 0.2) is 24.3 Å². The Labute approximate surface area is 204 Å². The van der Waals surface area contributed by atoms with E-state index in [0.717, 1.165) is 64.7 Å². The summed E-state index contributed by atoms with van der Waals surface area (Å²) < 4.78 is 8.80. The van der Waals surface area contributed by atoms with E-state index in [1.165, 1.54) is 0 Å². The van der Waals surface area contributed by atoms with Crippen LogP contribution in [-0.4, -0.2) is 50.0 Å². The Bertz CT molecular complexity index is 1210. The van der Waals surface area contributed by atoms with E-state index in [4.69, 9.17) is 27.9 Å². The van der Waals surface area contributed by atoms with Gasteiger partial charge in [0, 0.05) is 28.7 Å². The quantitative estimate of drug-likeness (QED) is 0.566. The van der Waals surface area contributed by atoms with E-state index in [1.807, 2.05) is 26.0 Å². The van der Waals surface area contributed by atoms with Gasteiger partial charge in [0.15, 0.2) is 0 Å². The van der Waals surface area contributed by atoms with Crippen molar-refractivity contribution in [1.82, 2.24) is 19.7 Å². The van der Waals surface area contributed by atoms with Crippen molar-refractivity contribution in [3.63, 3.8) is 0 Å². The van der Waals surface area contributed by atoms with Crippen LogP contribution in [0.1, 0.15) is 46.4 Å². The first-order chi connectivity index (χ1) is 15.7. The van der Waals surface area contributed by atoms with Crippen molar-refractivity contribution < 1.29 is 9.84 Å². The molecule has 0 saturated carbocycles. The van der Waals surface area contributed by atoms with E-state index >= 15 is 0 Å². The number of nitrogens with zero attached hydrogens (tertiary/aromatic N) is 4. The summed E-state index contributed by atoms with van der Waals surface area (Å²) in [5.41, 5.74) is 5.36. The third-order valence-electron chi connectivity index (χ3n) is 7.12. The molecule has 5 rings (SSSR count). The van der Waals surface area contributed by atoms with Crippen molar-refractivity contribution in [3.05, 3.63) is 68.2 Å². The molecule has 2 aliphatic rings. The number of hydrogen-bond acceptors (Lipinski definition) is 5. The number of benzene rings is 2. The number of aryl methyl sites for hydroxylation is 2. The number of β-amino-alcohol motifs (C(OH)–C–C–N with tert-alkyl or cyclic N) is 1. The van der Waals surface area contributed by atoms with Crippen molar-refractivity contribution in [2.45, 2.75) is 58.8 Å². The Kier molecular flexibility index (Phi) is 5.90. The molecule has 3 atom stereocenters. The van der Waals surface area contributed by atoms with Crippen LogP contribution in [0.5, 0.6) is 5.75 Å². The predicted molar refractivity (Wildman–Crippen MR) is 130 cm³/mol. The lowest BCUT2D eigenvalue weighted by molar-refractivity contribution is 0.0813. The summed E-state index contributed by atoms with van der Waals surface area (Å²) in [6.07, 6.45) is 1.03. The molecule has 1 N–H and O–H groups in total. The summed E-state index contributed by atoms with van der Waals surface area (Å²) in [5, 5.41) is 19.8. The smallest absolute Gasteiger partial charge is 0.140 e. The number of aliphatic hydroxyl groups is 1. The Hall–Kier alpha value is -2.12. The molecular weight excluding hydrogens is 459 g/mol. The number of fused-ring (bicyclic) bond motifs is 1. The Morgan fingerprint density at radius 1 is 1.03 bits per heavy atom. The van der Waals surface area contributed by atoms with Crippen LogP contribution in [0.4, 0.5) is 0 Å². The highest BCUT2D eigenvalue weighted by Gasteiger charge is 2.42. The molecule has 1 aromatic heterocycles. The van der Waals surface area contributed by atoms with Gasteiger partial charge in [-0.3, -0.25) is 9.47 Å². The first-order valence-electron chi connectivity index (χ1n) is 11.3. The molecule has 0 spiro atoms. The van der Waals surface area contributed by atoms with Gasteiger partial charge in [0.05, 0.1) is 17.8 Å². The molecular formula is C25H28Cl2N4O2. The lowest BCUT2D eigenvalue weighted by atomic mass is 10.1. The molecule has 174 valence electrons. The Balaban J connectivity index is 1.53. The minimum absolute atomic E-state index is 0.0924. The van der Waals surface area contributed by atoms with Gasteiger partial charge in [0.2, 0.25) is 0 Å². The minimum atomic E-state index is -0.299. The second-order valence-electron chi connectivity index (χ2n) is 9.17. The van der Waals surface area contributed by atoms with Gasteiger partial charge < -0.3 is 9.84 Å². The molecule has 1 saturated heterocycles. The number of halogens is 2. The van der Waals surface area contributed by atoms with E-state index in [2.05, 4.69) is 39.6 Å². The zero-order valence-electron chi connectivity index (χ0n) is 19.3. The molecule has 6 nitrogen and oxygen atoms in total. The molecule has 0 unspecified atom stereocenters. The standard InChI is InChI=1S/C25H28Cl2N4O2/c1-13-14(2)24(6-5-22(13)31-15(3)28-29-16(31)4)33-25-20-9-17(26)10-21(27)19(20)11-23(25)30-8-7-18(32)12-30/h5-6,9-10,18,23,25,32H,7-8,11-12H2,1-4H3/t18-,23+,25+/m1/s1. The highest BCUT2D eigenvalue weighted by molar-refractivity contribution is 6.35. The largest absolute Gasteiger partial charge is 0.484 e. The highest BCUT2D eigenvalue weighted by atomic mass is 35.5. The lowest BCUT2D eigenvalue weighted by Gasteiger charge is -2.30. The fraction of sp³-hybridized carbons (Fsp3) is 0.440. The van der Waals surface area contributed by atoms with E-state index < -0.39 is 0 Å². The molecule has 1 aliphatic heterocycles. The zero-order chi connectivity index (χ0) is 23.4. The fourth-order valence-electron chi connectivity index (χ4n) is 5.25. The highest BCUT2D eigenvalue weighted by Crippen LogP contribution is 2.44. The number of ether oxygens (including phenoxy) is 1. The van der Waals surface area contributed by atoms with Crippen LogP contribution in [0, 0.1) is 27.7 Å². The molecule has 1 aliphatic carbocycles. The van der Waals surface area contributed by atoms with Crippen molar-refractivity contribution in [2.75, 3.05) is 13.1 Å². The number of aliphatic hydroxyl groups excluding tert-OH is 1. The molecule has 3 aromatic rings. The summed E-state index contributed by atoms with van der Waals surface area (Å²) in [5.74, 6) is 2.54. The van der Waals surface area contributed by atoms with Gasteiger partial charge in [-0.1, -0.05) is 23.2 Å². The average Bonchev–Trinajstić information content (AvgIpc) is 3.44. The third kappa shape index (κ3) is 3.93. The van der Waals surface area contributed by atoms with E-state index in [0.29, 0.717) is 16.6 Å². The van der Waals surface area contributed by atoms with Gasteiger partial charge in [-0.2, -0.15) is 0 Å². The van der Waals surface area contributed by atoms with E-state index in [-0.39, 0.29) is 18.2 Å². The summed E-state index contributed by atoms with van der Waals surface area (Å²) in [6.45, 7) is 9.58. The van der Waals surface area contributed by atoms with E-state index in [1.54, 1.807) is 6.07 Å². The van der Waals surface area contributed by atoms with Crippen LogP contribution >= 0.6 is 23.2 Å². The van der Waals surface area contributed by atoms with Gasteiger partial charge >= 0.3 is 0 Å². The maximum Gasteiger partial charge on any atom is 0.140 e. The van der Waals surface area contributed by atoms with Crippen molar-refractivity contribution >= 4 is 23.2 Å². The van der Waals surface area contributed by atoms with Crippen molar-refractivity contribution in [2.24, 2.45) is 0 Å². The van der Waals surface area contributed by atoms with Crippen LogP contribution in [0.25, 0.3) is 5.69 Å². The maximum atomic E-state index is 10.2. The van der Waals surface area contributed by atoms with Gasteiger partial charge in [-0.15, -0.1) is 10.2 Å². The molecule has 0 radical (unpaired) electrons. The van der Waals surface area contributed by atoms with Crippen LogP contribution in [0.3, 0.4) is 0 Å². The van der Waals surface area contributed by atoms with Gasteiger partial charge in [-0.05, 0) is 81.5 Å². The van der Waals surface area contributed by atoms with Gasteiger partial charge in [0.25, 0.3) is 0 Å². The number of aromatic nitrogens is 3. The minimum Gasteiger partial charge on any atom is -0.484 e. The molecule has 0 amide bonds. The summed E-state index contributed by atoms with van der Waals surface area (Å²) in [4.78, 5) is 2.32.